The van der Waals surface area contributed by atoms with Crippen molar-refractivity contribution in [3.8, 4) is 11.5 Å². The van der Waals surface area contributed by atoms with E-state index in [0.29, 0.717) is 22.7 Å². The Labute approximate surface area is 174 Å². The molecule has 0 bridgehead atoms. The fourth-order valence-electron chi connectivity index (χ4n) is 3.51. The number of ketones is 1. The van der Waals surface area contributed by atoms with Crippen LogP contribution >= 0.6 is 0 Å². The summed E-state index contributed by atoms with van der Waals surface area (Å²) >= 11 is 0. The monoisotopic (exact) mass is 402 g/mol. The molecule has 1 aliphatic carbocycles. The second-order valence-electron chi connectivity index (χ2n) is 7.23. The molecular weight excluding hydrogens is 380 g/mol. The third kappa shape index (κ3) is 3.64. The number of hydrogen-bond acceptors (Lipinski definition) is 5. The zero-order valence-electron chi connectivity index (χ0n) is 16.8. The molecule has 1 N–H and O–H groups in total. The van der Waals surface area contributed by atoms with E-state index in [1.54, 1.807) is 37.4 Å². The van der Waals surface area contributed by atoms with Gasteiger partial charge in [0.1, 0.15) is 17.3 Å². The van der Waals surface area contributed by atoms with Crippen molar-refractivity contribution in [2.75, 3.05) is 19.5 Å². The first-order valence-electron chi connectivity index (χ1n) is 9.67. The number of anilines is 1. The van der Waals surface area contributed by atoms with E-state index in [0.717, 1.165) is 24.2 Å². The summed E-state index contributed by atoms with van der Waals surface area (Å²) in [6, 6.07) is 17.9. The van der Waals surface area contributed by atoms with Gasteiger partial charge in [0.15, 0.2) is 5.78 Å². The Kier molecular flexibility index (Phi) is 5.23. The molecule has 4 rings (SSSR count). The van der Waals surface area contributed by atoms with E-state index < -0.39 is 5.41 Å². The Morgan fingerprint density at radius 3 is 2.27 bits per heavy atom. The number of rotatable bonds is 7. The fourth-order valence-corrected chi connectivity index (χ4v) is 3.51. The third-order valence-electron chi connectivity index (χ3n) is 5.45. The maximum atomic E-state index is 12.9. The van der Waals surface area contributed by atoms with Gasteiger partial charge in [0.25, 0.3) is 0 Å². The molecule has 1 amide bonds. The number of nitrogens with zero attached hydrogens (tertiary/aromatic N) is 1. The molecule has 30 heavy (non-hydrogen) atoms. The molecule has 1 heterocycles. The lowest BCUT2D eigenvalue weighted by Crippen LogP contribution is -2.28. The largest absolute Gasteiger partial charge is 0.497 e. The lowest BCUT2D eigenvalue weighted by atomic mass is 9.95. The SMILES string of the molecule is COc1ccc(C2(C(=O)Nc3ccc(C(=O)c4ccccc4OC)cn3)CC2)cc1. The standard InChI is InChI=1S/C24H22N2O4/c1-29-18-10-8-17(9-11-18)24(13-14-24)23(28)26-21-12-7-16(15-25-21)22(27)19-5-3-4-6-20(19)30-2/h3-12,15H,13-14H2,1-2H3,(H,25,26,28). The van der Waals surface area contributed by atoms with Crippen molar-refractivity contribution in [2.24, 2.45) is 0 Å². The van der Waals surface area contributed by atoms with Crippen LogP contribution in [0.4, 0.5) is 5.82 Å². The summed E-state index contributed by atoms with van der Waals surface area (Å²) < 4.78 is 10.4. The lowest BCUT2D eigenvalue weighted by Gasteiger charge is -2.16. The van der Waals surface area contributed by atoms with Crippen LogP contribution in [0.1, 0.15) is 34.3 Å². The van der Waals surface area contributed by atoms with E-state index >= 15 is 0 Å². The van der Waals surface area contributed by atoms with Gasteiger partial charge in [-0.3, -0.25) is 9.59 Å². The van der Waals surface area contributed by atoms with Crippen LogP contribution in [0.5, 0.6) is 11.5 Å². The quantitative estimate of drug-likeness (QED) is 0.605. The van der Waals surface area contributed by atoms with Crippen molar-refractivity contribution < 1.29 is 19.1 Å². The topological polar surface area (TPSA) is 77.5 Å². The maximum Gasteiger partial charge on any atom is 0.236 e. The van der Waals surface area contributed by atoms with Crippen molar-refractivity contribution in [3.63, 3.8) is 0 Å². The zero-order chi connectivity index (χ0) is 21.1. The zero-order valence-corrected chi connectivity index (χ0v) is 16.8. The second-order valence-corrected chi connectivity index (χ2v) is 7.23. The van der Waals surface area contributed by atoms with Crippen LogP contribution in [-0.4, -0.2) is 30.9 Å². The molecule has 2 aromatic carbocycles. The minimum atomic E-state index is -0.528. The number of carbonyl (C=O) groups is 2. The predicted octanol–water partition coefficient (Wildman–Crippen LogP) is 4.00. The summed E-state index contributed by atoms with van der Waals surface area (Å²) in [5, 5.41) is 2.88. The molecule has 1 fully saturated rings. The molecule has 1 aliphatic rings. The molecule has 3 aromatic rings. The molecule has 0 spiro atoms. The first-order valence-corrected chi connectivity index (χ1v) is 9.67. The van der Waals surface area contributed by atoms with Gasteiger partial charge in [-0.15, -0.1) is 0 Å². The van der Waals surface area contributed by atoms with Crippen molar-refractivity contribution in [1.29, 1.82) is 0 Å². The summed E-state index contributed by atoms with van der Waals surface area (Å²) in [5.41, 5.74) is 1.33. The van der Waals surface area contributed by atoms with Crippen LogP contribution in [-0.2, 0) is 10.2 Å². The van der Waals surface area contributed by atoms with Crippen LogP contribution < -0.4 is 14.8 Å². The van der Waals surface area contributed by atoms with Gasteiger partial charge in [-0.05, 0) is 54.8 Å². The number of carbonyl (C=O) groups excluding carboxylic acids is 2. The minimum Gasteiger partial charge on any atom is -0.497 e. The van der Waals surface area contributed by atoms with Crippen LogP contribution in [0, 0.1) is 0 Å². The van der Waals surface area contributed by atoms with Gasteiger partial charge in [-0.1, -0.05) is 24.3 Å². The number of benzene rings is 2. The first-order chi connectivity index (χ1) is 14.6. The molecule has 6 heteroatoms. The van der Waals surface area contributed by atoms with Crippen molar-refractivity contribution in [3.05, 3.63) is 83.6 Å². The summed E-state index contributed by atoms with van der Waals surface area (Å²) in [6.45, 7) is 0. The van der Waals surface area contributed by atoms with Crippen molar-refractivity contribution in [1.82, 2.24) is 4.98 Å². The highest BCUT2D eigenvalue weighted by atomic mass is 16.5. The average Bonchev–Trinajstić information content (AvgIpc) is 3.61. The number of methoxy groups -OCH3 is 2. The molecule has 1 saturated carbocycles. The van der Waals surface area contributed by atoms with E-state index in [1.807, 2.05) is 30.3 Å². The number of hydrogen-bond donors (Lipinski definition) is 1. The summed E-state index contributed by atoms with van der Waals surface area (Å²) in [7, 11) is 3.14. The molecule has 1 aromatic heterocycles. The van der Waals surface area contributed by atoms with E-state index in [1.165, 1.54) is 13.3 Å². The molecule has 0 radical (unpaired) electrons. The van der Waals surface area contributed by atoms with Crippen LogP contribution in [0.3, 0.4) is 0 Å². The van der Waals surface area contributed by atoms with Crippen molar-refractivity contribution >= 4 is 17.5 Å². The number of aromatic nitrogens is 1. The number of ether oxygens (including phenoxy) is 2. The van der Waals surface area contributed by atoms with Gasteiger partial charge >= 0.3 is 0 Å². The number of amides is 1. The number of para-hydroxylation sites is 1. The predicted molar refractivity (Wildman–Crippen MR) is 113 cm³/mol. The fraction of sp³-hybridized carbons (Fsp3) is 0.208. The van der Waals surface area contributed by atoms with Gasteiger partial charge in [0.2, 0.25) is 5.91 Å². The smallest absolute Gasteiger partial charge is 0.236 e. The van der Waals surface area contributed by atoms with Gasteiger partial charge < -0.3 is 14.8 Å². The highest BCUT2D eigenvalue weighted by molar-refractivity contribution is 6.10. The van der Waals surface area contributed by atoms with E-state index in [4.69, 9.17) is 9.47 Å². The van der Waals surface area contributed by atoms with Crippen molar-refractivity contribution in [2.45, 2.75) is 18.3 Å². The summed E-state index contributed by atoms with van der Waals surface area (Å²) in [6.07, 6.45) is 3.04. The molecule has 0 aliphatic heterocycles. The molecule has 0 atom stereocenters. The van der Waals surface area contributed by atoms with E-state index in [9.17, 15) is 9.59 Å². The Morgan fingerprint density at radius 2 is 1.67 bits per heavy atom. The number of pyridine rings is 1. The van der Waals surface area contributed by atoms with Crippen LogP contribution in [0.2, 0.25) is 0 Å². The lowest BCUT2D eigenvalue weighted by molar-refractivity contribution is -0.118. The first kappa shape index (κ1) is 19.6. The highest BCUT2D eigenvalue weighted by Crippen LogP contribution is 2.49. The minimum absolute atomic E-state index is 0.0935. The Balaban J connectivity index is 1.48. The van der Waals surface area contributed by atoms with E-state index in [2.05, 4.69) is 10.3 Å². The van der Waals surface area contributed by atoms with E-state index in [-0.39, 0.29) is 11.7 Å². The summed E-state index contributed by atoms with van der Waals surface area (Å²) in [5.74, 6) is 1.40. The highest BCUT2D eigenvalue weighted by Gasteiger charge is 2.51. The Morgan fingerprint density at radius 1 is 0.933 bits per heavy atom. The van der Waals surface area contributed by atoms with Crippen LogP contribution in [0.15, 0.2) is 66.9 Å². The van der Waals surface area contributed by atoms with Gasteiger partial charge in [-0.25, -0.2) is 4.98 Å². The number of nitrogens with one attached hydrogen (secondary N) is 1. The summed E-state index contributed by atoms with van der Waals surface area (Å²) in [4.78, 5) is 29.9. The molecule has 6 nitrogen and oxygen atoms in total. The Hall–Kier alpha value is -3.67. The van der Waals surface area contributed by atoms with Gasteiger partial charge in [0, 0.05) is 11.8 Å². The Bertz CT molecular complexity index is 1070. The van der Waals surface area contributed by atoms with Gasteiger partial charge in [0.05, 0.1) is 25.2 Å². The normalized spacial score (nSPS) is 13.9. The molecule has 0 unspecified atom stereocenters. The van der Waals surface area contributed by atoms with Gasteiger partial charge in [-0.2, -0.15) is 0 Å². The molecular formula is C24H22N2O4. The second kappa shape index (κ2) is 7.99. The maximum absolute atomic E-state index is 12.9. The molecule has 0 saturated heterocycles. The molecule has 152 valence electrons. The van der Waals surface area contributed by atoms with Crippen LogP contribution in [0.25, 0.3) is 0 Å². The third-order valence-corrected chi connectivity index (χ3v) is 5.45. The average molecular weight is 402 g/mol.